The second kappa shape index (κ2) is 7.94. The second-order valence-corrected chi connectivity index (χ2v) is 6.13. The van der Waals surface area contributed by atoms with Crippen LogP contribution in [0.1, 0.15) is 19.1 Å². The van der Waals surface area contributed by atoms with E-state index < -0.39 is 0 Å². The second-order valence-electron chi connectivity index (χ2n) is 6.13. The first-order valence-corrected chi connectivity index (χ1v) is 8.56. The van der Waals surface area contributed by atoms with Crippen LogP contribution in [0.3, 0.4) is 0 Å². The van der Waals surface area contributed by atoms with Gasteiger partial charge in [0.25, 0.3) is 0 Å². The van der Waals surface area contributed by atoms with Gasteiger partial charge in [-0.05, 0) is 13.0 Å². The van der Waals surface area contributed by atoms with Crippen molar-refractivity contribution in [1.29, 1.82) is 0 Å². The Morgan fingerprint density at radius 1 is 1.19 bits per heavy atom. The number of anilines is 2. The lowest BCUT2D eigenvalue weighted by Gasteiger charge is -2.35. The van der Waals surface area contributed by atoms with E-state index in [-0.39, 0.29) is 24.8 Å². The molecule has 3 rings (SSSR count). The van der Waals surface area contributed by atoms with Crippen LogP contribution in [0.2, 0.25) is 0 Å². The zero-order chi connectivity index (χ0) is 18.5. The third kappa shape index (κ3) is 4.16. The van der Waals surface area contributed by atoms with E-state index in [1.54, 1.807) is 31.5 Å². The fourth-order valence-corrected chi connectivity index (χ4v) is 2.89. The highest BCUT2D eigenvalue weighted by Crippen LogP contribution is 2.15. The molecule has 0 N–H and O–H groups in total. The highest BCUT2D eigenvalue weighted by Gasteiger charge is 2.24. The number of hydrogen-bond acceptors (Lipinski definition) is 7. The molecule has 0 aliphatic carbocycles. The normalized spacial score (nSPS) is 14.4. The molecule has 0 unspecified atom stereocenters. The summed E-state index contributed by atoms with van der Waals surface area (Å²) in [6, 6.07) is 3.46. The van der Waals surface area contributed by atoms with Crippen molar-refractivity contribution >= 4 is 23.6 Å². The Morgan fingerprint density at radius 2 is 1.88 bits per heavy atom. The van der Waals surface area contributed by atoms with E-state index in [2.05, 4.69) is 20.0 Å². The Morgan fingerprint density at radius 3 is 2.46 bits per heavy atom. The van der Waals surface area contributed by atoms with Crippen LogP contribution in [0.25, 0.3) is 0 Å². The average molecular weight is 358 g/mol. The van der Waals surface area contributed by atoms with Crippen LogP contribution in [0.15, 0.2) is 29.0 Å². The minimum Gasteiger partial charge on any atom is -0.360 e. The summed E-state index contributed by atoms with van der Waals surface area (Å²) >= 11 is 0. The van der Waals surface area contributed by atoms with Crippen molar-refractivity contribution in [2.75, 3.05) is 42.5 Å². The smallest absolute Gasteiger partial charge is 0.225 e. The zero-order valence-corrected chi connectivity index (χ0v) is 15.0. The third-order valence-corrected chi connectivity index (χ3v) is 4.29. The predicted octanol–water partition coefficient (Wildman–Crippen LogP) is 0.865. The molecular weight excluding hydrogens is 336 g/mol. The van der Waals surface area contributed by atoms with E-state index in [9.17, 15) is 9.59 Å². The van der Waals surface area contributed by atoms with E-state index in [0.29, 0.717) is 43.7 Å². The lowest BCUT2D eigenvalue weighted by Crippen LogP contribution is -2.49. The maximum atomic E-state index is 12.5. The zero-order valence-electron chi connectivity index (χ0n) is 15.0. The summed E-state index contributed by atoms with van der Waals surface area (Å²) in [4.78, 5) is 38.1. The standard InChI is InChI=1S/C17H22N6O3/c1-13-12-15(20-26-13)23(14(2)24)7-4-16(25)21-8-10-22(11-9-21)17-18-5-3-6-19-17/h3,5-6,12H,4,7-11H2,1-2H3. The summed E-state index contributed by atoms with van der Waals surface area (Å²) in [7, 11) is 0. The topological polar surface area (TPSA) is 95.7 Å². The first-order valence-electron chi connectivity index (χ1n) is 8.56. The molecule has 0 aromatic carbocycles. The summed E-state index contributed by atoms with van der Waals surface area (Å²) < 4.78 is 5.02. The molecule has 1 fully saturated rings. The minimum absolute atomic E-state index is 0.0186. The number of aryl methyl sites for hydroxylation is 1. The van der Waals surface area contributed by atoms with Crippen molar-refractivity contribution in [3.05, 3.63) is 30.3 Å². The van der Waals surface area contributed by atoms with E-state index in [1.807, 2.05) is 4.90 Å². The Kier molecular flexibility index (Phi) is 5.45. The number of rotatable bonds is 5. The van der Waals surface area contributed by atoms with Crippen LogP contribution in [0.5, 0.6) is 0 Å². The van der Waals surface area contributed by atoms with Crippen LogP contribution in [0.4, 0.5) is 11.8 Å². The molecule has 138 valence electrons. The molecule has 3 heterocycles. The third-order valence-electron chi connectivity index (χ3n) is 4.29. The average Bonchev–Trinajstić information content (AvgIpc) is 3.08. The van der Waals surface area contributed by atoms with Crippen molar-refractivity contribution in [2.24, 2.45) is 0 Å². The molecule has 0 bridgehead atoms. The van der Waals surface area contributed by atoms with Crippen molar-refractivity contribution in [3.63, 3.8) is 0 Å². The van der Waals surface area contributed by atoms with Crippen LogP contribution < -0.4 is 9.80 Å². The van der Waals surface area contributed by atoms with Crippen LogP contribution in [-0.4, -0.2) is 64.6 Å². The molecule has 1 saturated heterocycles. The number of nitrogens with zero attached hydrogens (tertiary/aromatic N) is 6. The van der Waals surface area contributed by atoms with Gasteiger partial charge in [-0.1, -0.05) is 5.16 Å². The lowest BCUT2D eigenvalue weighted by molar-refractivity contribution is -0.131. The number of amides is 2. The van der Waals surface area contributed by atoms with E-state index in [4.69, 9.17) is 4.52 Å². The Balaban J connectivity index is 1.51. The number of piperazine rings is 1. The van der Waals surface area contributed by atoms with E-state index in [1.165, 1.54) is 11.8 Å². The highest BCUT2D eigenvalue weighted by atomic mass is 16.5. The molecule has 9 heteroatoms. The first kappa shape index (κ1) is 17.8. The van der Waals surface area contributed by atoms with Gasteiger partial charge in [-0.15, -0.1) is 0 Å². The molecule has 2 amide bonds. The van der Waals surface area contributed by atoms with Gasteiger partial charge < -0.3 is 14.3 Å². The monoisotopic (exact) mass is 358 g/mol. The first-order chi connectivity index (χ1) is 12.5. The largest absolute Gasteiger partial charge is 0.360 e. The quantitative estimate of drug-likeness (QED) is 0.782. The molecule has 0 atom stereocenters. The maximum absolute atomic E-state index is 12.5. The highest BCUT2D eigenvalue weighted by molar-refractivity contribution is 5.91. The molecule has 1 aliphatic rings. The summed E-state index contributed by atoms with van der Waals surface area (Å²) in [5, 5.41) is 3.86. The van der Waals surface area contributed by atoms with Crippen LogP contribution >= 0.6 is 0 Å². The fourth-order valence-electron chi connectivity index (χ4n) is 2.89. The summed E-state index contributed by atoms with van der Waals surface area (Å²) in [6.45, 7) is 6.09. The van der Waals surface area contributed by atoms with Gasteiger partial charge in [-0.3, -0.25) is 14.5 Å². The maximum Gasteiger partial charge on any atom is 0.225 e. The number of carbonyl (C=O) groups is 2. The summed E-state index contributed by atoms with van der Waals surface area (Å²) in [6.07, 6.45) is 3.66. The van der Waals surface area contributed by atoms with Gasteiger partial charge in [-0.2, -0.15) is 0 Å². The van der Waals surface area contributed by atoms with Crippen molar-refractivity contribution in [1.82, 2.24) is 20.0 Å². The van der Waals surface area contributed by atoms with Gasteiger partial charge in [0.05, 0.1) is 0 Å². The van der Waals surface area contributed by atoms with Crippen LogP contribution in [-0.2, 0) is 9.59 Å². The van der Waals surface area contributed by atoms with E-state index >= 15 is 0 Å². The number of aromatic nitrogens is 3. The molecular formula is C17H22N6O3. The Hall–Kier alpha value is -2.97. The molecule has 0 saturated carbocycles. The molecule has 0 spiro atoms. The van der Waals surface area contributed by atoms with Gasteiger partial charge in [0.1, 0.15) is 5.76 Å². The van der Waals surface area contributed by atoms with Gasteiger partial charge in [0, 0.05) is 64.5 Å². The van der Waals surface area contributed by atoms with Gasteiger partial charge in [0.2, 0.25) is 17.8 Å². The SMILES string of the molecule is CC(=O)N(CCC(=O)N1CCN(c2ncccn2)CC1)c1cc(C)on1. The van der Waals surface area contributed by atoms with Crippen molar-refractivity contribution in [2.45, 2.75) is 20.3 Å². The van der Waals surface area contributed by atoms with Gasteiger partial charge >= 0.3 is 0 Å². The van der Waals surface area contributed by atoms with Crippen molar-refractivity contribution < 1.29 is 14.1 Å². The fraction of sp³-hybridized carbons (Fsp3) is 0.471. The molecule has 0 radical (unpaired) electrons. The van der Waals surface area contributed by atoms with Gasteiger partial charge in [-0.25, -0.2) is 9.97 Å². The number of hydrogen-bond donors (Lipinski definition) is 0. The van der Waals surface area contributed by atoms with Crippen LogP contribution in [0, 0.1) is 6.92 Å². The van der Waals surface area contributed by atoms with Crippen molar-refractivity contribution in [3.8, 4) is 0 Å². The van der Waals surface area contributed by atoms with E-state index in [0.717, 1.165) is 0 Å². The molecule has 2 aromatic heterocycles. The number of carbonyl (C=O) groups excluding carboxylic acids is 2. The minimum atomic E-state index is -0.169. The summed E-state index contributed by atoms with van der Waals surface area (Å²) in [5.74, 6) is 1.59. The predicted molar refractivity (Wildman–Crippen MR) is 94.7 cm³/mol. The van der Waals surface area contributed by atoms with Gasteiger partial charge in [0.15, 0.2) is 5.82 Å². The molecule has 26 heavy (non-hydrogen) atoms. The Bertz CT molecular complexity index is 755. The lowest BCUT2D eigenvalue weighted by atomic mass is 10.2. The molecule has 2 aromatic rings. The summed E-state index contributed by atoms with van der Waals surface area (Å²) in [5.41, 5.74) is 0. The molecule has 9 nitrogen and oxygen atoms in total. The Labute approximate surface area is 151 Å². The molecule has 1 aliphatic heterocycles.